The molecule has 0 spiro atoms. The number of anilines is 1. The molecule has 4 heterocycles. The second kappa shape index (κ2) is 10.2. The summed E-state index contributed by atoms with van der Waals surface area (Å²) in [6, 6.07) is 9.66. The van der Waals surface area contributed by atoms with Crippen LogP contribution in [0.2, 0.25) is 0 Å². The topological polar surface area (TPSA) is 79.4 Å². The average molecular weight is 483 g/mol. The monoisotopic (exact) mass is 482 g/mol. The Kier molecular flexibility index (Phi) is 7.09. The number of piperidine rings is 1. The fourth-order valence-corrected chi connectivity index (χ4v) is 5.93. The second-order valence-electron chi connectivity index (χ2n) is 10.6. The van der Waals surface area contributed by atoms with Crippen molar-refractivity contribution in [1.82, 2.24) is 25.0 Å². The second-order valence-corrected chi connectivity index (χ2v) is 10.6. The average Bonchev–Trinajstić information content (AvgIpc) is 3.53. The Morgan fingerprint density at radius 3 is 2.29 bits per heavy atom. The number of benzene rings is 1. The third kappa shape index (κ3) is 4.94. The van der Waals surface area contributed by atoms with E-state index in [0.29, 0.717) is 45.8 Å². The van der Waals surface area contributed by atoms with Gasteiger partial charge in [-0.1, -0.05) is 18.2 Å². The van der Waals surface area contributed by atoms with Crippen molar-refractivity contribution in [3.8, 4) is 0 Å². The van der Waals surface area contributed by atoms with Crippen LogP contribution in [0.5, 0.6) is 0 Å². The Balaban J connectivity index is 1.25. The zero-order valence-electron chi connectivity index (χ0n) is 20.9. The van der Waals surface area contributed by atoms with Crippen LogP contribution in [-0.2, 0) is 14.4 Å². The first-order valence-corrected chi connectivity index (χ1v) is 13.1. The fourth-order valence-electron chi connectivity index (χ4n) is 5.93. The van der Waals surface area contributed by atoms with Gasteiger partial charge < -0.3 is 9.80 Å². The molecule has 5 rings (SSSR count). The number of rotatable bonds is 5. The Morgan fingerprint density at radius 2 is 1.63 bits per heavy atom. The van der Waals surface area contributed by atoms with Crippen LogP contribution in [0.4, 0.5) is 5.69 Å². The number of para-hydroxylation sites is 1. The van der Waals surface area contributed by atoms with Gasteiger partial charge in [0, 0.05) is 58.4 Å². The molecule has 0 aliphatic carbocycles. The third-order valence-electron chi connectivity index (χ3n) is 8.11. The number of hydrogen-bond donors (Lipinski definition) is 1. The first kappa shape index (κ1) is 24.2. The van der Waals surface area contributed by atoms with Gasteiger partial charge in [0.05, 0.1) is 30.1 Å². The van der Waals surface area contributed by atoms with Gasteiger partial charge in [0.15, 0.2) is 0 Å². The van der Waals surface area contributed by atoms with E-state index < -0.39 is 0 Å². The van der Waals surface area contributed by atoms with E-state index in [2.05, 4.69) is 29.1 Å². The van der Waals surface area contributed by atoms with E-state index in [0.717, 1.165) is 31.6 Å². The van der Waals surface area contributed by atoms with Gasteiger partial charge in [0.25, 0.3) is 0 Å². The molecule has 9 nitrogen and oxygen atoms in total. The minimum atomic E-state index is -0.286. The number of carbonyl (C=O) groups is 3. The first-order valence-electron chi connectivity index (χ1n) is 13.1. The lowest BCUT2D eigenvalue weighted by Crippen LogP contribution is -2.60. The van der Waals surface area contributed by atoms with Crippen molar-refractivity contribution < 1.29 is 14.4 Å². The molecule has 4 aliphatic rings. The van der Waals surface area contributed by atoms with Crippen molar-refractivity contribution in [2.45, 2.75) is 38.8 Å². The molecule has 3 amide bonds. The van der Waals surface area contributed by atoms with Crippen molar-refractivity contribution in [2.75, 3.05) is 63.9 Å². The molecule has 4 fully saturated rings. The molecule has 3 atom stereocenters. The summed E-state index contributed by atoms with van der Waals surface area (Å²) in [5.41, 5.74) is 4.21. The zero-order chi connectivity index (χ0) is 24.5. The predicted octanol–water partition coefficient (Wildman–Crippen LogP) is 0.629. The summed E-state index contributed by atoms with van der Waals surface area (Å²) >= 11 is 0. The summed E-state index contributed by atoms with van der Waals surface area (Å²) in [6.45, 7) is 10.4. The van der Waals surface area contributed by atoms with Crippen LogP contribution in [0.15, 0.2) is 30.3 Å². The summed E-state index contributed by atoms with van der Waals surface area (Å²) in [5.74, 6) is -0.174. The Hall–Kier alpha value is -2.49. The van der Waals surface area contributed by atoms with Crippen LogP contribution in [0.3, 0.4) is 0 Å². The van der Waals surface area contributed by atoms with E-state index >= 15 is 0 Å². The number of nitrogens with one attached hydrogen (secondary N) is 1. The van der Waals surface area contributed by atoms with Crippen LogP contribution in [0, 0.1) is 11.8 Å². The first-order chi connectivity index (χ1) is 16.9. The van der Waals surface area contributed by atoms with Gasteiger partial charge in [-0.2, -0.15) is 0 Å². The quantitative estimate of drug-likeness (QED) is 0.663. The van der Waals surface area contributed by atoms with E-state index in [4.69, 9.17) is 0 Å². The van der Waals surface area contributed by atoms with E-state index in [-0.39, 0.29) is 41.6 Å². The molecule has 1 N–H and O–H groups in total. The van der Waals surface area contributed by atoms with Crippen molar-refractivity contribution in [2.24, 2.45) is 11.8 Å². The number of carbonyl (C=O) groups excluding carboxylic acids is 3. The number of piperazine rings is 1. The molecule has 4 aliphatic heterocycles. The SMILES string of the molecule is CC(C)N1CC(C(=O)N2CCN(CC(=O)N3CCCC3)CC2)C2NN(c3ccccc3)C(=O)C2C1. The molecule has 9 heteroatoms. The minimum absolute atomic E-state index is 0.0367. The van der Waals surface area contributed by atoms with Crippen LogP contribution in [0.25, 0.3) is 0 Å². The Morgan fingerprint density at radius 1 is 0.943 bits per heavy atom. The van der Waals surface area contributed by atoms with Crippen molar-refractivity contribution in [3.63, 3.8) is 0 Å². The van der Waals surface area contributed by atoms with Gasteiger partial charge in [0.2, 0.25) is 17.7 Å². The summed E-state index contributed by atoms with van der Waals surface area (Å²) in [7, 11) is 0. The largest absolute Gasteiger partial charge is 0.342 e. The lowest BCUT2D eigenvalue weighted by atomic mass is 9.83. The molecule has 0 radical (unpaired) electrons. The highest BCUT2D eigenvalue weighted by atomic mass is 16.2. The standard InChI is InChI=1S/C26H38N6O3/c1-19(2)31-16-21(24-22(17-31)26(35)32(27-24)20-8-4-3-5-9-20)25(34)30-14-12-28(13-15-30)18-23(33)29-10-6-7-11-29/h3-5,8-9,19,21-22,24,27H,6-7,10-18H2,1-2H3. The molecule has 1 aromatic rings. The summed E-state index contributed by atoms with van der Waals surface area (Å²) in [5, 5.41) is 1.64. The summed E-state index contributed by atoms with van der Waals surface area (Å²) in [4.78, 5) is 48.0. The van der Waals surface area contributed by atoms with Crippen LogP contribution >= 0.6 is 0 Å². The van der Waals surface area contributed by atoms with E-state index in [1.807, 2.05) is 40.1 Å². The lowest BCUT2D eigenvalue weighted by Gasteiger charge is -2.43. The summed E-state index contributed by atoms with van der Waals surface area (Å²) < 4.78 is 0. The molecule has 1 aromatic carbocycles. The highest BCUT2D eigenvalue weighted by Gasteiger charge is 2.52. The highest BCUT2D eigenvalue weighted by Crippen LogP contribution is 2.33. The maximum absolute atomic E-state index is 13.8. The number of fused-ring (bicyclic) bond motifs is 1. The molecular weight excluding hydrogens is 444 g/mol. The third-order valence-corrected chi connectivity index (χ3v) is 8.11. The minimum Gasteiger partial charge on any atom is -0.342 e. The van der Waals surface area contributed by atoms with Crippen molar-refractivity contribution >= 4 is 23.4 Å². The van der Waals surface area contributed by atoms with Crippen molar-refractivity contribution in [3.05, 3.63) is 30.3 Å². The number of nitrogens with zero attached hydrogens (tertiary/aromatic N) is 5. The molecule has 0 saturated carbocycles. The number of hydrogen-bond acceptors (Lipinski definition) is 6. The smallest absolute Gasteiger partial charge is 0.247 e. The van der Waals surface area contributed by atoms with Gasteiger partial charge in [-0.3, -0.25) is 24.2 Å². The lowest BCUT2D eigenvalue weighted by molar-refractivity contribution is -0.142. The number of likely N-dealkylation sites (tertiary alicyclic amines) is 2. The Bertz CT molecular complexity index is 926. The maximum Gasteiger partial charge on any atom is 0.247 e. The molecular formula is C26H38N6O3. The maximum atomic E-state index is 13.8. The highest BCUT2D eigenvalue weighted by molar-refractivity contribution is 5.98. The van der Waals surface area contributed by atoms with E-state index in [1.54, 1.807) is 5.01 Å². The van der Waals surface area contributed by atoms with E-state index in [9.17, 15) is 14.4 Å². The fraction of sp³-hybridized carbons (Fsp3) is 0.654. The molecule has 0 bridgehead atoms. The summed E-state index contributed by atoms with van der Waals surface area (Å²) in [6.07, 6.45) is 2.20. The normalized spacial score (nSPS) is 28.1. The van der Waals surface area contributed by atoms with Crippen molar-refractivity contribution in [1.29, 1.82) is 0 Å². The Labute approximate surface area is 208 Å². The van der Waals surface area contributed by atoms with Gasteiger partial charge >= 0.3 is 0 Å². The van der Waals surface area contributed by atoms with Crippen LogP contribution in [-0.4, -0.2) is 108 Å². The van der Waals surface area contributed by atoms with Gasteiger partial charge in [-0.15, -0.1) is 0 Å². The van der Waals surface area contributed by atoms with Gasteiger partial charge in [0.1, 0.15) is 0 Å². The molecule has 4 saturated heterocycles. The molecule has 190 valence electrons. The van der Waals surface area contributed by atoms with E-state index in [1.165, 1.54) is 0 Å². The molecule has 3 unspecified atom stereocenters. The van der Waals surface area contributed by atoms with Gasteiger partial charge in [-0.25, -0.2) is 10.4 Å². The number of hydrazine groups is 1. The zero-order valence-corrected chi connectivity index (χ0v) is 20.9. The molecule has 0 aromatic heterocycles. The van der Waals surface area contributed by atoms with Crippen LogP contribution in [0.1, 0.15) is 26.7 Å². The van der Waals surface area contributed by atoms with Crippen LogP contribution < -0.4 is 10.4 Å². The number of amides is 3. The predicted molar refractivity (Wildman–Crippen MR) is 133 cm³/mol. The molecule has 35 heavy (non-hydrogen) atoms. The van der Waals surface area contributed by atoms with Gasteiger partial charge in [-0.05, 0) is 38.8 Å².